The topological polar surface area (TPSA) is 81.5 Å². The maximum absolute atomic E-state index is 13.7. The van der Waals surface area contributed by atoms with Crippen LogP contribution in [0, 0.1) is 18.6 Å². The highest BCUT2D eigenvalue weighted by molar-refractivity contribution is 7.89. The fraction of sp³-hybridized carbons (Fsp3) is 0.333. The SMILES string of the molecule is CCOC(=O)c1cc(-c2ccc(F)cc2)n(C2CCN(S(=O)(=O)c3cc(F)ccc3C)CC2)n1. The molecule has 180 valence electrons. The lowest BCUT2D eigenvalue weighted by Gasteiger charge is -2.32. The van der Waals surface area contributed by atoms with Crippen LogP contribution in [0.1, 0.15) is 41.9 Å². The molecule has 1 aromatic heterocycles. The lowest BCUT2D eigenvalue weighted by Crippen LogP contribution is -2.39. The quantitative estimate of drug-likeness (QED) is 0.481. The first-order valence-electron chi connectivity index (χ1n) is 11.0. The number of nitrogens with zero attached hydrogens (tertiary/aromatic N) is 3. The lowest BCUT2D eigenvalue weighted by molar-refractivity contribution is 0.0517. The van der Waals surface area contributed by atoms with E-state index in [0.717, 1.165) is 6.07 Å². The van der Waals surface area contributed by atoms with Crippen molar-refractivity contribution in [1.29, 1.82) is 0 Å². The predicted octanol–water partition coefficient (Wildman–Crippen LogP) is 4.34. The standard InChI is InChI=1S/C24H25F2N3O4S/c1-3-33-24(30)21-15-22(17-5-8-18(25)9-6-17)29(27-21)20-10-12-28(13-11-20)34(31,32)23-14-19(26)7-4-16(23)2/h4-9,14-15,20H,3,10-13H2,1-2H3. The Balaban J connectivity index is 1.60. The Morgan fingerprint density at radius 2 is 1.71 bits per heavy atom. The third-order valence-electron chi connectivity index (χ3n) is 5.90. The normalized spacial score (nSPS) is 15.4. The molecule has 0 atom stereocenters. The number of benzene rings is 2. The minimum Gasteiger partial charge on any atom is -0.461 e. The Hall–Kier alpha value is -3.11. The molecular formula is C24H25F2N3O4S. The van der Waals surface area contributed by atoms with Gasteiger partial charge in [0.1, 0.15) is 11.6 Å². The Morgan fingerprint density at radius 3 is 2.35 bits per heavy atom. The smallest absolute Gasteiger partial charge is 0.358 e. The molecule has 0 bridgehead atoms. The second kappa shape index (κ2) is 9.63. The number of hydrogen-bond donors (Lipinski definition) is 0. The number of carbonyl (C=O) groups is 1. The Morgan fingerprint density at radius 1 is 1.06 bits per heavy atom. The van der Waals surface area contributed by atoms with Crippen molar-refractivity contribution in [3.05, 3.63) is 71.4 Å². The van der Waals surface area contributed by atoms with Gasteiger partial charge < -0.3 is 4.74 Å². The molecule has 1 aliphatic rings. The van der Waals surface area contributed by atoms with Gasteiger partial charge in [-0.25, -0.2) is 22.0 Å². The van der Waals surface area contributed by atoms with Crippen LogP contribution in [0.15, 0.2) is 53.4 Å². The first-order valence-corrected chi connectivity index (χ1v) is 12.4. The van der Waals surface area contributed by atoms with Gasteiger partial charge in [0.05, 0.1) is 23.2 Å². The molecule has 0 N–H and O–H groups in total. The summed E-state index contributed by atoms with van der Waals surface area (Å²) < 4.78 is 61.6. The lowest BCUT2D eigenvalue weighted by atomic mass is 10.1. The van der Waals surface area contributed by atoms with Crippen LogP contribution in [-0.4, -0.2) is 48.2 Å². The molecule has 0 spiro atoms. The molecule has 34 heavy (non-hydrogen) atoms. The molecule has 0 aliphatic carbocycles. The van der Waals surface area contributed by atoms with Crippen LogP contribution in [0.5, 0.6) is 0 Å². The largest absolute Gasteiger partial charge is 0.461 e. The number of ether oxygens (including phenoxy) is 1. The number of esters is 1. The van der Waals surface area contributed by atoms with E-state index in [2.05, 4.69) is 5.10 Å². The Bertz CT molecular complexity index is 1300. The van der Waals surface area contributed by atoms with Crippen LogP contribution in [-0.2, 0) is 14.8 Å². The summed E-state index contributed by atoms with van der Waals surface area (Å²) in [6, 6.07) is 11.0. The zero-order valence-electron chi connectivity index (χ0n) is 18.9. The van der Waals surface area contributed by atoms with E-state index in [0.29, 0.717) is 29.7 Å². The number of sulfonamides is 1. The third-order valence-corrected chi connectivity index (χ3v) is 7.94. The van der Waals surface area contributed by atoms with Gasteiger partial charge in [0.15, 0.2) is 5.69 Å². The van der Waals surface area contributed by atoms with Crippen molar-refractivity contribution in [3.8, 4) is 11.3 Å². The van der Waals surface area contributed by atoms with E-state index < -0.39 is 21.8 Å². The highest BCUT2D eigenvalue weighted by atomic mass is 32.2. The monoisotopic (exact) mass is 489 g/mol. The highest BCUT2D eigenvalue weighted by Gasteiger charge is 2.33. The van der Waals surface area contributed by atoms with Crippen LogP contribution in [0.2, 0.25) is 0 Å². The minimum absolute atomic E-state index is 0.0402. The average Bonchev–Trinajstić information content (AvgIpc) is 3.27. The van der Waals surface area contributed by atoms with Gasteiger partial charge in [0, 0.05) is 18.7 Å². The molecule has 0 amide bonds. The molecule has 3 aromatic rings. The number of aryl methyl sites for hydroxylation is 1. The van der Waals surface area contributed by atoms with E-state index in [4.69, 9.17) is 4.74 Å². The first-order chi connectivity index (χ1) is 16.2. The number of carbonyl (C=O) groups excluding carboxylic acids is 1. The summed E-state index contributed by atoms with van der Waals surface area (Å²) in [5, 5.41) is 4.45. The molecule has 1 fully saturated rings. The summed E-state index contributed by atoms with van der Waals surface area (Å²) in [6.07, 6.45) is 0.872. The van der Waals surface area contributed by atoms with Crippen molar-refractivity contribution in [2.45, 2.75) is 37.6 Å². The summed E-state index contributed by atoms with van der Waals surface area (Å²) in [7, 11) is -3.86. The van der Waals surface area contributed by atoms with Gasteiger partial charge >= 0.3 is 5.97 Å². The fourth-order valence-electron chi connectivity index (χ4n) is 4.13. The van der Waals surface area contributed by atoms with E-state index in [9.17, 15) is 22.0 Å². The number of rotatable bonds is 6. The van der Waals surface area contributed by atoms with Gasteiger partial charge in [-0.1, -0.05) is 6.07 Å². The van der Waals surface area contributed by atoms with E-state index >= 15 is 0 Å². The summed E-state index contributed by atoms with van der Waals surface area (Å²) >= 11 is 0. The van der Waals surface area contributed by atoms with Crippen LogP contribution in [0.25, 0.3) is 11.3 Å². The maximum atomic E-state index is 13.7. The van der Waals surface area contributed by atoms with Crippen molar-refractivity contribution in [3.63, 3.8) is 0 Å². The van der Waals surface area contributed by atoms with Crippen LogP contribution in [0.4, 0.5) is 8.78 Å². The molecule has 4 rings (SSSR count). The van der Waals surface area contributed by atoms with E-state index in [1.807, 2.05) is 0 Å². The molecule has 2 heterocycles. The molecule has 1 aliphatic heterocycles. The van der Waals surface area contributed by atoms with E-state index in [1.54, 1.807) is 36.7 Å². The number of aromatic nitrogens is 2. The van der Waals surface area contributed by atoms with Crippen LogP contribution >= 0.6 is 0 Å². The van der Waals surface area contributed by atoms with Crippen molar-refractivity contribution in [2.24, 2.45) is 0 Å². The molecule has 7 nitrogen and oxygen atoms in total. The summed E-state index contributed by atoms with van der Waals surface area (Å²) in [5.41, 5.74) is 1.90. The first kappa shape index (κ1) is 24.0. The van der Waals surface area contributed by atoms with Gasteiger partial charge in [-0.2, -0.15) is 9.40 Å². The second-order valence-corrected chi connectivity index (χ2v) is 10.0. The zero-order valence-corrected chi connectivity index (χ0v) is 19.7. The Kier molecular flexibility index (Phi) is 6.81. The van der Waals surface area contributed by atoms with Crippen molar-refractivity contribution in [1.82, 2.24) is 14.1 Å². The molecular weight excluding hydrogens is 464 g/mol. The fourth-order valence-corrected chi connectivity index (χ4v) is 5.84. The predicted molar refractivity (Wildman–Crippen MR) is 122 cm³/mol. The highest BCUT2D eigenvalue weighted by Crippen LogP contribution is 2.32. The summed E-state index contributed by atoms with van der Waals surface area (Å²) in [6.45, 7) is 3.95. The third kappa shape index (κ3) is 4.74. The Labute approximate surface area is 197 Å². The van der Waals surface area contributed by atoms with E-state index in [-0.39, 0.29) is 42.1 Å². The minimum atomic E-state index is -3.86. The number of piperidine rings is 1. The summed E-state index contributed by atoms with van der Waals surface area (Å²) in [5.74, 6) is -1.55. The van der Waals surface area contributed by atoms with Crippen LogP contribution in [0.3, 0.4) is 0 Å². The van der Waals surface area contributed by atoms with Gasteiger partial charge in [0.2, 0.25) is 10.0 Å². The van der Waals surface area contributed by atoms with Gasteiger partial charge in [-0.3, -0.25) is 4.68 Å². The van der Waals surface area contributed by atoms with Gasteiger partial charge in [-0.05, 0) is 74.7 Å². The second-order valence-electron chi connectivity index (χ2n) is 8.13. The number of halogens is 2. The average molecular weight is 490 g/mol. The maximum Gasteiger partial charge on any atom is 0.358 e. The van der Waals surface area contributed by atoms with Crippen molar-refractivity contribution in [2.75, 3.05) is 19.7 Å². The molecule has 10 heteroatoms. The molecule has 2 aromatic carbocycles. The number of hydrogen-bond acceptors (Lipinski definition) is 5. The molecule has 0 saturated carbocycles. The van der Waals surface area contributed by atoms with Gasteiger partial charge in [0.25, 0.3) is 0 Å². The van der Waals surface area contributed by atoms with E-state index in [1.165, 1.54) is 28.6 Å². The molecule has 0 unspecified atom stereocenters. The van der Waals surface area contributed by atoms with Crippen molar-refractivity contribution >= 4 is 16.0 Å². The zero-order chi connectivity index (χ0) is 24.5. The van der Waals surface area contributed by atoms with Crippen molar-refractivity contribution < 1.29 is 26.7 Å². The molecule has 1 saturated heterocycles. The summed E-state index contributed by atoms with van der Waals surface area (Å²) in [4.78, 5) is 12.3. The van der Waals surface area contributed by atoms with Crippen LogP contribution < -0.4 is 0 Å². The van der Waals surface area contributed by atoms with Gasteiger partial charge in [-0.15, -0.1) is 0 Å². The molecule has 0 radical (unpaired) electrons.